The Morgan fingerprint density at radius 2 is 1.85 bits per heavy atom. The molecule has 1 atom stereocenters. The van der Waals surface area contributed by atoms with Crippen molar-refractivity contribution in [1.29, 1.82) is 5.26 Å². The van der Waals surface area contributed by atoms with E-state index in [4.69, 9.17) is 4.98 Å². The Hall–Kier alpha value is -3.84. The van der Waals surface area contributed by atoms with E-state index < -0.39 is 17.2 Å². The highest BCUT2D eigenvalue weighted by atomic mass is 19.4. The molecule has 7 nitrogen and oxygen atoms in total. The van der Waals surface area contributed by atoms with Crippen molar-refractivity contribution in [2.24, 2.45) is 13.0 Å². The second-order valence-corrected chi connectivity index (χ2v) is 11.6. The summed E-state index contributed by atoms with van der Waals surface area (Å²) in [5.74, 6) is 0.460. The van der Waals surface area contributed by atoms with Crippen molar-refractivity contribution < 1.29 is 18.0 Å². The Morgan fingerprint density at radius 1 is 1.10 bits per heavy atom. The number of rotatable bonds is 5. The number of carbonyl (C=O) groups excluding carboxylic acids is 1. The number of halogens is 3. The SMILES string of the molecule is Cn1cccc1-c1ccc(C2(C(=O)N[C@@H]3CN4CCC3CC4)CCN(c3ccc(C(F)(F)F)cc3C#N)CC2)cn1. The summed E-state index contributed by atoms with van der Waals surface area (Å²) in [4.78, 5) is 23.3. The Kier molecular flexibility index (Phi) is 7.02. The van der Waals surface area contributed by atoms with Gasteiger partial charge in [0.05, 0.1) is 33.6 Å². The predicted octanol–water partition coefficient (Wildman–Crippen LogP) is 4.73. The van der Waals surface area contributed by atoms with Crippen LogP contribution in [0.1, 0.15) is 42.4 Å². The lowest BCUT2D eigenvalue weighted by molar-refractivity contribution is -0.137. The number of pyridine rings is 1. The van der Waals surface area contributed by atoms with Gasteiger partial charge in [0.1, 0.15) is 6.07 Å². The summed E-state index contributed by atoms with van der Waals surface area (Å²) in [6.07, 6.45) is 2.32. The summed E-state index contributed by atoms with van der Waals surface area (Å²) in [6.45, 7) is 3.87. The van der Waals surface area contributed by atoms with E-state index in [2.05, 4.69) is 10.2 Å². The Balaban J connectivity index is 1.28. The quantitative estimate of drug-likeness (QED) is 0.487. The number of fused-ring (bicyclic) bond motifs is 3. The maximum absolute atomic E-state index is 14.2. The van der Waals surface area contributed by atoms with Crippen LogP contribution >= 0.6 is 0 Å². The zero-order valence-electron chi connectivity index (χ0n) is 23.0. The third-order valence-electron chi connectivity index (χ3n) is 9.33. The second kappa shape index (κ2) is 10.5. The average molecular weight is 563 g/mol. The number of nitrogens with one attached hydrogen (secondary N) is 1. The first-order valence-corrected chi connectivity index (χ1v) is 14.2. The molecule has 1 aromatic carbocycles. The van der Waals surface area contributed by atoms with Gasteiger partial charge in [-0.2, -0.15) is 18.4 Å². The standard InChI is InChI=1S/C31H33F3N6O/c1-38-12-2-3-28(38)25-6-4-24(19-36-25)30(29(41)37-26-20-39-13-8-21(26)9-14-39)10-15-40(16-11-30)27-7-5-23(31(32,33)34)17-22(27)18-35/h2-7,12,17,19,21,26H,8-11,13-16,20H2,1H3,(H,37,41)/t26-/m1/s1. The number of amides is 1. The van der Waals surface area contributed by atoms with Crippen molar-refractivity contribution in [2.75, 3.05) is 37.6 Å². The number of aryl methyl sites for hydroxylation is 1. The van der Waals surface area contributed by atoms with Gasteiger partial charge in [0.2, 0.25) is 5.91 Å². The highest BCUT2D eigenvalue weighted by Gasteiger charge is 2.46. The van der Waals surface area contributed by atoms with E-state index in [1.54, 1.807) is 6.20 Å². The zero-order valence-corrected chi connectivity index (χ0v) is 23.0. The largest absolute Gasteiger partial charge is 0.416 e. The smallest absolute Gasteiger partial charge is 0.370 e. The number of anilines is 1. The molecule has 214 valence electrons. The molecule has 2 bridgehead atoms. The lowest BCUT2D eigenvalue weighted by Gasteiger charge is -2.47. The zero-order chi connectivity index (χ0) is 28.8. The monoisotopic (exact) mass is 562 g/mol. The maximum Gasteiger partial charge on any atom is 0.416 e. The molecule has 0 unspecified atom stereocenters. The first kappa shape index (κ1) is 27.3. The second-order valence-electron chi connectivity index (χ2n) is 11.6. The number of alkyl halides is 3. The molecule has 4 aliphatic heterocycles. The molecule has 1 N–H and O–H groups in total. The van der Waals surface area contributed by atoms with E-state index in [0.29, 0.717) is 37.5 Å². The topological polar surface area (TPSA) is 77.2 Å². The van der Waals surface area contributed by atoms with Gasteiger partial charge >= 0.3 is 6.18 Å². The minimum absolute atomic E-state index is 0.0161. The van der Waals surface area contributed by atoms with Crippen LogP contribution in [0.3, 0.4) is 0 Å². The molecule has 3 aromatic rings. The van der Waals surface area contributed by atoms with Gasteiger partial charge in [-0.3, -0.25) is 9.78 Å². The Morgan fingerprint density at radius 3 is 2.41 bits per heavy atom. The van der Waals surface area contributed by atoms with Crippen molar-refractivity contribution in [2.45, 2.75) is 43.3 Å². The molecule has 10 heteroatoms. The summed E-state index contributed by atoms with van der Waals surface area (Å²) in [6, 6.07) is 13.2. The van der Waals surface area contributed by atoms with Gasteiger partial charge in [0.15, 0.2) is 0 Å². The van der Waals surface area contributed by atoms with Crippen LogP contribution < -0.4 is 10.2 Å². The van der Waals surface area contributed by atoms with E-state index in [1.807, 2.05) is 53.0 Å². The molecule has 0 aliphatic carbocycles. The number of aromatic nitrogens is 2. The van der Waals surface area contributed by atoms with E-state index in [9.17, 15) is 23.2 Å². The summed E-state index contributed by atoms with van der Waals surface area (Å²) in [7, 11) is 1.96. The summed E-state index contributed by atoms with van der Waals surface area (Å²) >= 11 is 0. The average Bonchev–Trinajstić information content (AvgIpc) is 3.42. The fourth-order valence-corrected chi connectivity index (χ4v) is 6.84. The molecule has 41 heavy (non-hydrogen) atoms. The number of nitriles is 1. The van der Waals surface area contributed by atoms with E-state index in [-0.39, 0.29) is 17.5 Å². The van der Waals surface area contributed by atoms with Gasteiger partial charge in [-0.1, -0.05) is 6.07 Å². The Labute approximate surface area is 237 Å². The normalized spacial score (nSPS) is 23.7. The number of hydrogen-bond acceptors (Lipinski definition) is 5. The van der Waals surface area contributed by atoms with Crippen molar-refractivity contribution in [3.63, 3.8) is 0 Å². The highest BCUT2D eigenvalue weighted by Crippen LogP contribution is 2.40. The number of carbonyl (C=O) groups is 1. The molecule has 0 radical (unpaired) electrons. The first-order valence-electron chi connectivity index (χ1n) is 14.2. The highest BCUT2D eigenvalue weighted by molar-refractivity contribution is 5.89. The van der Waals surface area contributed by atoms with Crippen LogP contribution in [0.15, 0.2) is 54.9 Å². The fourth-order valence-electron chi connectivity index (χ4n) is 6.84. The lowest BCUT2D eigenvalue weighted by atomic mass is 9.71. The minimum atomic E-state index is -4.52. The molecule has 7 rings (SSSR count). The molecule has 4 fully saturated rings. The fraction of sp³-hybridized carbons (Fsp3) is 0.452. The molecule has 2 aromatic heterocycles. The number of nitrogens with zero attached hydrogens (tertiary/aromatic N) is 5. The molecular formula is C31H33F3N6O. The van der Waals surface area contributed by atoms with Gasteiger partial charge < -0.3 is 19.7 Å². The molecular weight excluding hydrogens is 529 g/mol. The van der Waals surface area contributed by atoms with Gasteiger partial charge in [0, 0.05) is 45.1 Å². The minimum Gasteiger partial charge on any atom is -0.370 e. The van der Waals surface area contributed by atoms with Crippen LogP contribution in [0.25, 0.3) is 11.4 Å². The number of hydrogen-bond donors (Lipinski definition) is 1. The molecule has 0 spiro atoms. The van der Waals surface area contributed by atoms with Crippen LogP contribution in [0.5, 0.6) is 0 Å². The maximum atomic E-state index is 14.2. The third-order valence-corrected chi connectivity index (χ3v) is 9.33. The summed E-state index contributed by atoms with van der Waals surface area (Å²) < 4.78 is 41.8. The third kappa shape index (κ3) is 5.08. The van der Waals surface area contributed by atoms with Crippen molar-refractivity contribution in [3.8, 4) is 17.5 Å². The van der Waals surface area contributed by atoms with E-state index in [1.165, 1.54) is 6.07 Å². The van der Waals surface area contributed by atoms with Crippen LogP contribution in [0.4, 0.5) is 18.9 Å². The van der Waals surface area contributed by atoms with Crippen molar-refractivity contribution in [1.82, 2.24) is 19.8 Å². The van der Waals surface area contributed by atoms with E-state index >= 15 is 0 Å². The molecule has 4 saturated heterocycles. The van der Waals surface area contributed by atoms with Gasteiger partial charge in [-0.15, -0.1) is 0 Å². The molecule has 1 amide bonds. The van der Waals surface area contributed by atoms with Crippen LogP contribution in [0.2, 0.25) is 0 Å². The lowest BCUT2D eigenvalue weighted by Crippen LogP contribution is -2.61. The van der Waals surface area contributed by atoms with Gasteiger partial charge in [0.25, 0.3) is 0 Å². The van der Waals surface area contributed by atoms with Crippen LogP contribution in [0, 0.1) is 17.2 Å². The van der Waals surface area contributed by atoms with Crippen molar-refractivity contribution in [3.05, 3.63) is 71.5 Å². The van der Waals surface area contributed by atoms with Crippen LogP contribution in [-0.2, 0) is 23.4 Å². The van der Waals surface area contributed by atoms with Gasteiger partial charge in [-0.25, -0.2) is 0 Å². The molecule has 4 aliphatic rings. The van der Waals surface area contributed by atoms with Crippen molar-refractivity contribution >= 4 is 11.6 Å². The summed E-state index contributed by atoms with van der Waals surface area (Å²) in [5, 5.41) is 13.0. The van der Waals surface area contributed by atoms with Gasteiger partial charge in [-0.05, 0) is 86.7 Å². The molecule has 0 saturated carbocycles. The number of piperidine rings is 4. The number of benzene rings is 1. The van der Waals surface area contributed by atoms with E-state index in [0.717, 1.165) is 61.6 Å². The Bertz CT molecular complexity index is 1460. The summed E-state index contributed by atoms with van der Waals surface area (Å²) in [5.41, 5.74) is 1.40. The first-order chi connectivity index (χ1) is 19.7. The predicted molar refractivity (Wildman–Crippen MR) is 149 cm³/mol. The molecule has 6 heterocycles. The van der Waals surface area contributed by atoms with Crippen LogP contribution in [-0.4, -0.2) is 59.1 Å².